The fourth-order valence-electron chi connectivity index (χ4n) is 0.976. The third-order valence-corrected chi connectivity index (χ3v) is 1.56. The highest BCUT2D eigenvalue weighted by atomic mass is 19.4. The zero-order chi connectivity index (χ0) is 11.6. The lowest BCUT2D eigenvalue weighted by molar-refractivity contribution is -0.141. The highest BCUT2D eigenvalue weighted by molar-refractivity contribution is 5.88. The summed E-state index contributed by atoms with van der Waals surface area (Å²) in [7, 11) is 1.19. The van der Waals surface area contributed by atoms with Crippen LogP contribution in [0.1, 0.15) is 23.1 Å². The Morgan fingerprint density at radius 2 is 2.13 bits per heavy atom. The molecule has 0 saturated carbocycles. The Hall–Kier alpha value is -1.60. The van der Waals surface area contributed by atoms with Crippen LogP contribution >= 0.6 is 0 Å². The molecular weight excluding hydrogens is 215 g/mol. The van der Waals surface area contributed by atoms with Crippen molar-refractivity contribution in [3.63, 3.8) is 0 Å². The van der Waals surface area contributed by atoms with E-state index in [9.17, 15) is 18.0 Å². The minimum atomic E-state index is -4.71. The lowest BCUT2D eigenvalue weighted by atomic mass is 10.3. The molecule has 0 saturated heterocycles. The zero-order valence-electron chi connectivity index (χ0n) is 8.00. The number of esters is 1. The Kier molecular flexibility index (Phi) is 2.96. The molecule has 8 heteroatoms. The minimum Gasteiger partial charge on any atom is -0.461 e. The quantitative estimate of drug-likeness (QED) is 0.702. The van der Waals surface area contributed by atoms with Crippen LogP contribution in [-0.4, -0.2) is 27.6 Å². The van der Waals surface area contributed by atoms with Crippen molar-refractivity contribution in [2.24, 2.45) is 7.05 Å². The summed E-state index contributed by atoms with van der Waals surface area (Å²) < 4.78 is 42.2. The largest absolute Gasteiger partial charge is 0.461 e. The number of aryl methyl sites for hydroxylation is 1. The van der Waals surface area contributed by atoms with E-state index < -0.39 is 23.5 Å². The number of alkyl halides is 3. The van der Waals surface area contributed by atoms with Crippen LogP contribution in [0.4, 0.5) is 13.2 Å². The SMILES string of the molecule is CCOC(=O)c1c(C(F)(F)F)nnn1C. The lowest BCUT2D eigenvalue weighted by Gasteiger charge is -2.05. The van der Waals surface area contributed by atoms with Crippen molar-refractivity contribution in [1.29, 1.82) is 0 Å². The van der Waals surface area contributed by atoms with E-state index in [4.69, 9.17) is 0 Å². The Labute approximate surface area is 82.8 Å². The summed E-state index contributed by atoms with van der Waals surface area (Å²) in [6.07, 6.45) is -4.71. The van der Waals surface area contributed by atoms with Gasteiger partial charge in [0.05, 0.1) is 6.61 Å². The fraction of sp³-hybridized carbons (Fsp3) is 0.571. The van der Waals surface area contributed by atoms with Gasteiger partial charge in [-0.1, -0.05) is 5.21 Å². The molecule has 0 fully saturated rings. The van der Waals surface area contributed by atoms with Gasteiger partial charge in [0.15, 0.2) is 5.69 Å². The first-order valence-electron chi connectivity index (χ1n) is 4.02. The molecule has 84 valence electrons. The number of ether oxygens (including phenoxy) is 1. The van der Waals surface area contributed by atoms with Crippen LogP contribution in [0.15, 0.2) is 0 Å². The van der Waals surface area contributed by atoms with Crippen molar-refractivity contribution in [3.8, 4) is 0 Å². The van der Waals surface area contributed by atoms with Gasteiger partial charge in [-0.3, -0.25) is 0 Å². The number of aromatic nitrogens is 3. The molecule has 0 atom stereocenters. The molecule has 0 N–H and O–H groups in total. The molecule has 1 heterocycles. The average Bonchev–Trinajstić information content (AvgIpc) is 2.46. The molecule has 0 bridgehead atoms. The molecule has 0 spiro atoms. The molecule has 15 heavy (non-hydrogen) atoms. The van der Waals surface area contributed by atoms with Gasteiger partial charge in [-0.25, -0.2) is 9.48 Å². The average molecular weight is 223 g/mol. The number of hydrogen-bond acceptors (Lipinski definition) is 4. The van der Waals surface area contributed by atoms with Gasteiger partial charge in [-0.15, -0.1) is 5.10 Å². The molecule has 1 aromatic rings. The summed E-state index contributed by atoms with van der Waals surface area (Å²) in [5.74, 6) is -1.09. The first-order chi connectivity index (χ1) is 6.88. The van der Waals surface area contributed by atoms with Gasteiger partial charge in [-0.2, -0.15) is 13.2 Å². The molecular formula is C7H8F3N3O2. The van der Waals surface area contributed by atoms with Crippen LogP contribution in [0.5, 0.6) is 0 Å². The summed E-state index contributed by atoms with van der Waals surface area (Å²) in [4.78, 5) is 11.2. The van der Waals surface area contributed by atoms with E-state index in [2.05, 4.69) is 15.0 Å². The number of hydrogen-bond donors (Lipinski definition) is 0. The number of carbonyl (C=O) groups is 1. The van der Waals surface area contributed by atoms with Crippen molar-refractivity contribution >= 4 is 5.97 Å². The standard InChI is InChI=1S/C7H8F3N3O2/c1-3-15-6(14)4-5(7(8,9)10)11-12-13(4)2/h3H2,1-2H3. The maximum atomic E-state index is 12.3. The summed E-state index contributed by atoms with van der Waals surface area (Å²) in [6.45, 7) is 1.48. The molecule has 0 radical (unpaired) electrons. The highest BCUT2D eigenvalue weighted by Crippen LogP contribution is 2.30. The van der Waals surface area contributed by atoms with E-state index >= 15 is 0 Å². The van der Waals surface area contributed by atoms with E-state index in [1.807, 2.05) is 0 Å². The van der Waals surface area contributed by atoms with Crippen LogP contribution in [0.2, 0.25) is 0 Å². The normalized spacial score (nSPS) is 11.5. The maximum absolute atomic E-state index is 12.3. The van der Waals surface area contributed by atoms with Crippen molar-refractivity contribution in [2.45, 2.75) is 13.1 Å². The smallest absolute Gasteiger partial charge is 0.437 e. The second-order valence-corrected chi connectivity index (χ2v) is 2.63. The molecule has 0 aliphatic heterocycles. The molecule has 1 aromatic heterocycles. The summed E-state index contributed by atoms with van der Waals surface area (Å²) >= 11 is 0. The van der Waals surface area contributed by atoms with Crippen LogP contribution < -0.4 is 0 Å². The Bertz CT molecular complexity index is 372. The van der Waals surface area contributed by atoms with Crippen LogP contribution in [0.25, 0.3) is 0 Å². The van der Waals surface area contributed by atoms with Crippen molar-refractivity contribution < 1.29 is 22.7 Å². The third-order valence-electron chi connectivity index (χ3n) is 1.56. The first kappa shape index (κ1) is 11.5. The lowest BCUT2D eigenvalue weighted by Crippen LogP contribution is -2.17. The topological polar surface area (TPSA) is 57.0 Å². The van der Waals surface area contributed by atoms with Crippen molar-refractivity contribution in [3.05, 3.63) is 11.4 Å². The van der Waals surface area contributed by atoms with Crippen molar-refractivity contribution in [2.75, 3.05) is 6.61 Å². The van der Waals surface area contributed by atoms with Gasteiger partial charge in [0.25, 0.3) is 0 Å². The molecule has 0 aliphatic rings. The molecule has 0 aliphatic carbocycles. The van der Waals surface area contributed by atoms with E-state index in [1.54, 1.807) is 0 Å². The van der Waals surface area contributed by atoms with Gasteiger partial charge >= 0.3 is 12.1 Å². The molecule has 5 nitrogen and oxygen atoms in total. The van der Waals surface area contributed by atoms with Crippen LogP contribution in [-0.2, 0) is 18.0 Å². The Morgan fingerprint density at radius 1 is 1.53 bits per heavy atom. The maximum Gasteiger partial charge on any atom is 0.437 e. The van der Waals surface area contributed by atoms with E-state index in [0.717, 1.165) is 4.68 Å². The van der Waals surface area contributed by atoms with Crippen molar-refractivity contribution in [1.82, 2.24) is 15.0 Å². The van der Waals surface area contributed by atoms with Crippen LogP contribution in [0.3, 0.4) is 0 Å². The van der Waals surface area contributed by atoms with E-state index in [-0.39, 0.29) is 6.61 Å². The Morgan fingerprint density at radius 3 is 2.60 bits per heavy atom. The second kappa shape index (κ2) is 3.87. The zero-order valence-corrected chi connectivity index (χ0v) is 8.00. The van der Waals surface area contributed by atoms with Gasteiger partial charge in [-0.05, 0) is 6.92 Å². The number of rotatable bonds is 2. The summed E-state index contributed by atoms with van der Waals surface area (Å²) in [5.41, 5.74) is -2.02. The second-order valence-electron chi connectivity index (χ2n) is 2.63. The van der Waals surface area contributed by atoms with Gasteiger partial charge in [0, 0.05) is 7.05 Å². The third kappa shape index (κ3) is 2.25. The first-order valence-corrected chi connectivity index (χ1v) is 4.02. The minimum absolute atomic E-state index is 0.0126. The van der Waals surface area contributed by atoms with Gasteiger partial charge < -0.3 is 4.74 Å². The molecule has 0 unspecified atom stereocenters. The predicted molar refractivity (Wildman–Crippen MR) is 42.0 cm³/mol. The number of halogens is 3. The van der Waals surface area contributed by atoms with E-state index in [0.29, 0.717) is 0 Å². The molecule has 0 aromatic carbocycles. The monoisotopic (exact) mass is 223 g/mol. The summed E-state index contributed by atoms with van der Waals surface area (Å²) in [6, 6.07) is 0. The molecule has 0 amide bonds. The number of carbonyl (C=O) groups excluding carboxylic acids is 1. The van der Waals surface area contributed by atoms with Gasteiger partial charge in [0.1, 0.15) is 0 Å². The van der Waals surface area contributed by atoms with Crippen LogP contribution in [0, 0.1) is 0 Å². The molecule has 1 rings (SSSR count). The predicted octanol–water partition coefficient (Wildman–Crippen LogP) is 1.01. The van der Waals surface area contributed by atoms with E-state index in [1.165, 1.54) is 14.0 Å². The van der Waals surface area contributed by atoms with Gasteiger partial charge in [0.2, 0.25) is 5.69 Å². The highest BCUT2D eigenvalue weighted by Gasteiger charge is 2.40. The number of nitrogens with zero attached hydrogens (tertiary/aromatic N) is 3. The fourth-order valence-corrected chi connectivity index (χ4v) is 0.976. The summed E-state index contributed by atoms with van der Waals surface area (Å²) in [5, 5.41) is 6.01. The Balaban J connectivity index is 3.16.